The minimum Gasteiger partial charge on any atom is -0.497 e. The zero-order valence-corrected chi connectivity index (χ0v) is 11.6. The monoisotopic (exact) mass is 281 g/mol. The molecule has 0 bridgehead atoms. The van der Waals surface area contributed by atoms with Crippen LogP contribution in [0.5, 0.6) is 11.5 Å². The van der Waals surface area contributed by atoms with Crippen LogP contribution in [0.25, 0.3) is 0 Å². The topological polar surface area (TPSA) is 72.1 Å². The first-order chi connectivity index (χ1) is 9.72. The zero-order valence-electron chi connectivity index (χ0n) is 11.6. The van der Waals surface area contributed by atoms with Gasteiger partial charge in [-0.15, -0.1) is 0 Å². The fraction of sp³-hybridized carbons (Fsp3) is 0.462. The van der Waals surface area contributed by atoms with Crippen LogP contribution in [0, 0.1) is 0 Å². The maximum atomic E-state index is 11.9. The van der Waals surface area contributed by atoms with Crippen molar-refractivity contribution in [3.05, 3.63) is 18.2 Å². The van der Waals surface area contributed by atoms with Crippen molar-refractivity contribution >= 4 is 11.7 Å². The highest BCUT2D eigenvalue weighted by molar-refractivity contribution is 5.90. The van der Waals surface area contributed by atoms with Gasteiger partial charge >= 0.3 is 6.03 Å². The average molecular weight is 281 g/mol. The molecule has 0 unspecified atom stereocenters. The van der Waals surface area contributed by atoms with Gasteiger partial charge in [0.2, 0.25) is 0 Å². The number of methoxy groups -OCH3 is 2. The summed E-state index contributed by atoms with van der Waals surface area (Å²) in [6.07, 6.45) is 0. The van der Waals surface area contributed by atoms with Gasteiger partial charge in [0.1, 0.15) is 11.5 Å². The zero-order chi connectivity index (χ0) is 14.4. The molecule has 20 heavy (non-hydrogen) atoms. The van der Waals surface area contributed by atoms with Crippen LogP contribution in [0.3, 0.4) is 0 Å². The van der Waals surface area contributed by atoms with Crippen LogP contribution in [-0.4, -0.2) is 51.6 Å². The van der Waals surface area contributed by atoms with E-state index in [1.165, 1.54) is 0 Å². The van der Waals surface area contributed by atoms with E-state index < -0.39 is 0 Å². The lowest BCUT2D eigenvalue weighted by Gasteiger charge is -2.27. The molecule has 1 heterocycles. The summed E-state index contributed by atoms with van der Waals surface area (Å²) in [6.45, 7) is 2.58. The van der Waals surface area contributed by atoms with E-state index in [0.717, 1.165) is 0 Å². The second-order valence-electron chi connectivity index (χ2n) is 4.23. The SMILES string of the molecule is COc1ccc(NC(=O)NN2CCOCC2)c(OC)c1. The summed E-state index contributed by atoms with van der Waals surface area (Å²) in [7, 11) is 3.12. The number of hydrogen-bond acceptors (Lipinski definition) is 5. The minimum absolute atomic E-state index is 0.310. The Kier molecular flexibility index (Phi) is 5.03. The quantitative estimate of drug-likeness (QED) is 0.864. The maximum absolute atomic E-state index is 11.9. The molecule has 0 radical (unpaired) electrons. The molecule has 0 atom stereocenters. The molecule has 0 aliphatic carbocycles. The van der Waals surface area contributed by atoms with Crippen molar-refractivity contribution in [2.24, 2.45) is 0 Å². The van der Waals surface area contributed by atoms with Gasteiger partial charge in [0.15, 0.2) is 0 Å². The van der Waals surface area contributed by atoms with Gasteiger partial charge in [0, 0.05) is 19.2 Å². The van der Waals surface area contributed by atoms with Crippen LogP contribution in [-0.2, 0) is 4.74 Å². The molecule has 1 aromatic carbocycles. The number of benzene rings is 1. The highest BCUT2D eigenvalue weighted by Crippen LogP contribution is 2.28. The lowest BCUT2D eigenvalue weighted by molar-refractivity contribution is 0.0207. The molecule has 2 rings (SSSR count). The number of hydrazine groups is 1. The van der Waals surface area contributed by atoms with Crippen molar-refractivity contribution in [1.29, 1.82) is 0 Å². The summed E-state index contributed by atoms with van der Waals surface area (Å²) in [5.74, 6) is 1.21. The first kappa shape index (κ1) is 14.4. The summed E-state index contributed by atoms with van der Waals surface area (Å²) in [5.41, 5.74) is 3.35. The Hall–Kier alpha value is -1.99. The Morgan fingerprint density at radius 2 is 2.00 bits per heavy atom. The number of carbonyl (C=O) groups excluding carboxylic acids is 1. The summed E-state index contributed by atoms with van der Waals surface area (Å²) < 4.78 is 15.5. The third-order valence-electron chi connectivity index (χ3n) is 2.93. The van der Waals surface area contributed by atoms with Crippen molar-refractivity contribution in [1.82, 2.24) is 10.4 Å². The van der Waals surface area contributed by atoms with Gasteiger partial charge in [-0.25, -0.2) is 9.80 Å². The van der Waals surface area contributed by atoms with Crippen molar-refractivity contribution in [2.45, 2.75) is 0 Å². The molecule has 2 N–H and O–H groups in total. The molecule has 0 saturated carbocycles. The van der Waals surface area contributed by atoms with Crippen molar-refractivity contribution in [3.63, 3.8) is 0 Å². The lowest BCUT2D eigenvalue weighted by Crippen LogP contribution is -2.49. The standard InChI is InChI=1S/C13H19N3O4/c1-18-10-3-4-11(12(9-10)19-2)14-13(17)15-16-5-7-20-8-6-16/h3-4,9H,5-8H2,1-2H3,(H2,14,15,17). The Bertz CT molecular complexity index is 461. The molecular weight excluding hydrogens is 262 g/mol. The van der Waals surface area contributed by atoms with Crippen molar-refractivity contribution in [3.8, 4) is 11.5 Å². The predicted octanol–water partition coefficient (Wildman–Crippen LogP) is 1.07. The Morgan fingerprint density at radius 3 is 2.65 bits per heavy atom. The van der Waals surface area contributed by atoms with E-state index in [-0.39, 0.29) is 6.03 Å². The lowest BCUT2D eigenvalue weighted by atomic mass is 10.2. The molecule has 1 aliphatic heterocycles. The van der Waals surface area contributed by atoms with Gasteiger partial charge in [-0.3, -0.25) is 5.43 Å². The fourth-order valence-corrected chi connectivity index (χ4v) is 1.87. The highest BCUT2D eigenvalue weighted by atomic mass is 16.5. The molecule has 7 heteroatoms. The van der Waals surface area contributed by atoms with E-state index in [2.05, 4.69) is 10.7 Å². The molecule has 2 amide bonds. The normalized spacial score (nSPS) is 15.5. The van der Waals surface area contributed by atoms with Crippen LogP contribution in [0.2, 0.25) is 0 Å². The third kappa shape index (κ3) is 3.75. The second kappa shape index (κ2) is 6.97. The third-order valence-corrected chi connectivity index (χ3v) is 2.93. The van der Waals surface area contributed by atoms with E-state index in [9.17, 15) is 4.79 Å². The Balaban J connectivity index is 1.96. The molecule has 7 nitrogen and oxygen atoms in total. The molecule has 0 spiro atoms. The molecule has 1 saturated heterocycles. The summed E-state index contributed by atoms with van der Waals surface area (Å²) in [4.78, 5) is 11.9. The van der Waals surface area contributed by atoms with E-state index >= 15 is 0 Å². The second-order valence-corrected chi connectivity index (χ2v) is 4.23. The van der Waals surface area contributed by atoms with Gasteiger partial charge < -0.3 is 19.5 Å². The number of carbonyl (C=O) groups is 1. The van der Waals surface area contributed by atoms with E-state index in [1.54, 1.807) is 32.4 Å². The first-order valence-electron chi connectivity index (χ1n) is 6.35. The molecule has 0 aromatic heterocycles. The van der Waals surface area contributed by atoms with Crippen LogP contribution >= 0.6 is 0 Å². The predicted molar refractivity (Wildman–Crippen MR) is 74.1 cm³/mol. The van der Waals surface area contributed by atoms with E-state index in [0.29, 0.717) is 43.5 Å². The number of morpholine rings is 1. The molecular formula is C13H19N3O4. The minimum atomic E-state index is -0.310. The van der Waals surface area contributed by atoms with E-state index in [1.807, 2.05) is 5.01 Å². The number of ether oxygens (including phenoxy) is 3. The number of amides is 2. The summed E-state index contributed by atoms with van der Waals surface area (Å²) >= 11 is 0. The smallest absolute Gasteiger partial charge is 0.333 e. The van der Waals surface area contributed by atoms with Crippen LogP contribution < -0.4 is 20.2 Å². The molecule has 110 valence electrons. The first-order valence-corrected chi connectivity index (χ1v) is 6.35. The Morgan fingerprint density at radius 1 is 1.25 bits per heavy atom. The summed E-state index contributed by atoms with van der Waals surface area (Å²) in [5, 5.41) is 4.56. The highest BCUT2D eigenvalue weighted by Gasteiger charge is 2.14. The van der Waals surface area contributed by atoms with E-state index in [4.69, 9.17) is 14.2 Å². The van der Waals surface area contributed by atoms with Crippen LogP contribution in [0.1, 0.15) is 0 Å². The van der Waals surface area contributed by atoms with Crippen LogP contribution in [0.4, 0.5) is 10.5 Å². The maximum Gasteiger partial charge on any atom is 0.333 e. The number of rotatable bonds is 4. The summed E-state index contributed by atoms with van der Waals surface area (Å²) in [6, 6.07) is 4.89. The van der Waals surface area contributed by atoms with Gasteiger partial charge in [0.25, 0.3) is 0 Å². The number of anilines is 1. The van der Waals surface area contributed by atoms with Crippen molar-refractivity contribution in [2.75, 3.05) is 45.8 Å². The number of nitrogens with zero attached hydrogens (tertiary/aromatic N) is 1. The molecule has 1 fully saturated rings. The average Bonchev–Trinajstić information content (AvgIpc) is 2.48. The number of urea groups is 1. The number of hydrogen-bond donors (Lipinski definition) is 2. The molecule has 1 aromatic rings. The van der Waals surface area contributed by atoms with Gasteiger partial charge in [-0.2, -0.15) is 0 Å². The fourth-order valence-electron chi connectivity index (χ4n) is 1.87. The molecule has 1 aliphatic rings. The van der Waals surface area contributed by atoms with Crippen LogP contribution in [0.15, 0.2) is 18.2 Å². The largest absolute Gasteiger partial charge is 0.497 e. The van der Waals surface area contributed by atoms with Gasteiger partial charge in [-0.1, -0.05) is 0 Å². The van der Waals surface area contributed by atoms with Gasteiger partial charge in [0.05, 0.1) is 33.1 Å². The van der Waals surface area contributed by atoms with Gasteiger partial charge in [-0.05, 0) is 12.1 Å². The van der Waals surface area contributed by atoms with Crippen molar-refractivity contribution < 1.29 is 19.0 Å². The number of nitrogens with one attached hydrogen (secondary N) is 2. The Labute approximate surface area is 117 Å².